The molecule has 1 saturated carbocycles. The number of nitrogens with two attached hydrogens (primary N) is 1. The molecule has 94 valence electrons. The van der Waals surface area contributed by atoms with Gasteiger partial charge in [0.05, 0.1) is 0 Å². The van der Waals surface area contributed by atoms with E-state index in [2.05, 4.69) is 24.1 Å². The summed E-state index contributed by atoms with van der Waals surface area (Å²) in [4.78, 5) is 2.40. The molecular formula is C14H21ClN2. The number of halogens is 1. The van der Waals surface area contributed by atoms with Crippen LogP contribution in [0, 0.1) is 5.41 Å². The van der Waals surface area contributed by atoms with Crippen LogP contribution in [0.1, 0.15) is 18.4 Å². The van der Waals surface area contributed by atoms with Crippen molar-refractivity contribution in [3.63, 3.8) is 0 Å². The lowest BCUT2D eigenvalue weighted by Crippen LogP contribution is -2.32. The van der Waals surface area contributed by atoms with Crippen LogP contribution in [-0.2, 0) is 6.42 Å². The highest BCUT2D eigenvalue weighted by Crippen LogP contribution is 2.44. The van der Waals surface area contributed by atoms with Crippen molar-refractivity contribution in [1.29, 1.82) is 0 Å². The van der Waals surface area contributed by atoms with E-state index in [1.165, 1.54) is 18.4 Å². The normalized spacial score (nSPS) is 17.4. The van der Waals surface area contributed by atoms with Gasteiger partial charge in [0.15, 0.2) is 0 Å². The molecule has 17 heavy (non-hydrogen) atoms. The van der Waals surface area contributed by atoms with Crippen molar-refractivity contribution in [2.75, 3.05) is 26.7 Å². The van der Waals surface area contributed by atoms with E-state index >= 15 is 0 Å². The van der Waals surface area contributed by atoms with Gasteiger partial charge in [0.1, 0.15) is 0 Å². The fourth-order valence-corrected chi connectivity index (χ4v) is 2.35. The van der Waals surface area contributed by atoms with Crippen LogP contribution in [0.25, 0.3) is 0 Å². The standard InChI is InChI=1S/C14H21ClN2/c1-17(11-14(10-16)7-8-14)9-6-12-2-4-13(15)5-3-12/h2-5H,6-11,16H2,1H3. The summed E-state index contributed by atoms with van der Waals surface area (Å²) in [6.07, 6.45) is 3.68. The first-order chi connectivity index (χ1) is 8.13. The fourth-order valence-electron chi connectivity index (χ4n) is 2.23. The zero-order valence-electron chi connectivity index (χ0n) is 10.5. The molecule has 0 spiro atoms. The van der Waals surface area contributed by atoms with Crippen molar-refractivity contribution in [2.24, 2.45) is 11.1 Å². The SMILES string of the molecule is CN(CCc1ccc(Cl)cc1)CC1(CN)CC1. The van der Waals surface area contributed by atoms with Gasteiger partial charge in [-0.1, -0.05) is 23.7 Å². The second-order valence-corrected chi connectivity index (χ2v) is 5.75. The second kappa shape index (κ2) is 5.38. The van der Waals surface area contributed by atoms with E-state index in [1.54, 1.807) is 0 Å². The molecule has 1 fully saturated rings. The summed E-state index contributed by atoms with van der Waals surface area (Å²) in [5.74, 6) is 0. The molecule has 0 unspecified atom stereocenters. The topological polar surface area (TPSA) is 29.3 Å². The molecule has 2 rings (SSSR count). The van der Waals surface area contributed by atoms with Crippen LogP contribution in [0.2, 0.25) is 5.02 Å². The third kappa shape index (κ3) is 3.70. The Labute approximate surface area is 109 Å². The summed E-state index contributed by atoms with van der Waals surface area (Å²) in [6, 6.07) is 8.12. The first-order valence-electron chi connectivity index (χ1n) is 6.27. The van der Waals surface area contributed by atoms with Crippen LogP contribution in [-0.4, -0.2) is 31.6 Å². The predicted octanol–water partition coefficient (Wildman–Crippen LogP) is 2.55. The zero-order valence-corrected chi connectivity index (χ0v) is 11.2. The lowest BCUT2D eigenvalue weighted by molar-refractivity contribution is 0.269. The Bertz CT molecular complexity index is 357. The van der Waals surface area contributed by atoms with Gasteiger partial charge in [-0.05, 0) is 56.0 Å². The number of rotatable bonds is 6. The van der Waals surface area contributed by atoms with Crippen molar-refractivity contribution in [3.8, 4) is 0 Å². The van der Waals surface area contributed by atoms with Gasteiger partial charge in [0.2, 0.25) is 0 Å². The minimum atomic E-state index is 0.439. The highest BCUT2D eigenvalue weighted by atomic mass is 35.5. The van der Waals surface area contributed by atoms with E-state index in [0.29, 0.717) is 5.41 Å². The van der Waals surface area contributed by atoms with Gasteiger partial charge in [-0.2, -0.15) is 0 Å². The minimum absolute atomic E-state index is 0.439. The van der Waals surface area contributed by atoms with E-state index in [9.17, 15) is 0 Å². The van der Waals surface area contributed by atoms with Crippen LogP contribution >= 0.6 is 11.6 Å². The quantitative estimate of drug-likeness (QED) is 0.843. The predicted molar refractivity (Wildman–Crippen MR) is 73.4 cm³/mol. The van der Waals surface area contributed by atoms with Gasteiger partial charge in [0, 0.05) is 18.1 Å². The molecule has 0 bridgehead atoms. The minimum Gasteiger partial charge on any atom is -0.330 e. The average Bonchev–Trinajstić information content (AvgIpc) is 3.09. The summed E-state index contributed by atoms with van der Waals surface area (Å²) in [5, 5.41) is 0.808. The Morgan fingerprint density at radius 2 is 1.94 bits per heavy atom. The van der Waals surface area contributed by atoms with Crippen molar-refractivity contribution in [1.82, 2.24) is 4.90 Å². The van der Waals surface area contributed by atoms with E-state index in [1.807, 2.05) is 12.1 Å². The molecule has 0 amide bonds. The van der Waals surface area contributed by atoms with Gasteiger partial charge < -0.3 is 10.6 Å². The summed E-state index contributed by atoms with van der Waals surface area (Å²) in [5.41, 5.74) is 7.59. The van der Waals surface area contributed by atoms with Crippen molar-refractivity contribution in [2.45, 2.75) is 19.3 Å². The molecule has 3 heteroatoms. The molecule has 0 aromatic heterocycles. The highest BCUT2D eigenvalue weighted by Gasteiger charge is 2.41. The van der Waals surface area contributed by atoms with Crippen LogP contribution < -0.4 is 5.73 Å². The first-order valence-corrected chi connectivity index (χ1v) is 6.64. The monoisotopic (exact) mass is 252 g/mol. The largest absolute Gasteiger partial charge is 0.330 e. The molecule has 1 aromatic carbocycles. The van der Waals surface area contributed by atoms with E-state index in [4.69, 9.17) is 17.3 Å². The Balaban J connectivity index is 1.76. The molecule has 2 nitrogen and oxygen atoms in total. The third-order valence-electron chi connectivity index (χ3n) is 3.69. The van der Waals surface area contributed by atoms with Gasteiger partial charge in [0.25, 0.3) is 0 Å². The molecule has 0 atom stereocenters. The number of benzene rings is 1. The Kier molecular flexibility index (Phi) is 4.08. The average molecular weight is 253 g/mol. The first kappa shape index (κ1) is 12.9. The van der Waals surface area contributed by atoms with Crippen molar-refractivity contribution >= 4 is 11.6 Å². The molecule has 1 aliphatic rings. The third-order valence-corrected chi connectivity index (χ3v) is 3.94. The van der Waals surface area contributed by atoms with E-state index in [0.717, 1.165) is 31.1 Å². The second-order valence-electron chi connectivity index (χ2n) is 5.32. The van der Waals surface area contributed by atoms with E-state index < -0.39 is 0 Å². The maximum Gasteiger partial charge on any atom is 0.0406 e. The van der Waals surface area contributed by atoms with Crippen LogP contribution in [0.4, 0.5) is 0 Å². The fraction of sp³-hybridized carbons (Fsp3) is 0.571. The van der Waals surface area contributed by atoms with Crippen LogP contribution in [0.5, 0.6) is 0 Å². The maximum atomic E-state index is 5.86. The smallest absolute Gasteiger partial charge is 0.0406 e. The molecule has 0 heterocycles. The van der Waals surface area contributed by atoms with Gasteiger partial charge >= 0.3 is 0 Å². The summed E-state index contributed by atoms with van der Waals surface area (Å²) >= 11 is 5.86. The van der Waals surface area contributed by atoms with Crippen LogP contribution in [0.3, 0.4) is 0 Å². The lowest BCUT2D eigenvalue weighted by Gasteiger charge is -2.22. The summed E-state index contributed by atoms with van der Waals surface area (Å²) < 4.78 is 0. The molecular weight excluding hydrogens is 232 g/mol. The summed E-state index contributed by atoms with van der Waals surface area (Å²) in [6.45, 7) is 3.05. The number of likely N-dealkylation sites (N-methyl/N-ethyl adjacent to an activating group) is 1. The Morgan fingerprint density at radius 3 is 2.47 bits per heavy atom. The summed E-state index contributed by atoms with van der Waals surface area (Å²) in [7, 11) is 2.19. The molecule has 0 saturated heterocycles. The van der Waals surface area contributed by atoms with Gasteiger partial charge in [-0.25, -0.2) is 0 Å². The maximum absolute atomic E-state index is 5.86. The molecule has 1 aliphatic carbocycles. The molecule has 2 N–H and O–H groups in total. The Morgan fingerprint density at radius 1 is 1.29 bits per heavy atom. The van der Waals surface area contributed by atoms with E-state index in [-0.39, 0.29) is 0 Å². The van der Waals surface area contributed by atoms with Gasteiger partial charge in [-0.3, -0.25) is 0 Å². The van der Waals surface area contributed by atoms with Crippen LogP contribution in [0.15, 0.2) is 24.3 Å². The molecule has 1 aromatic rings. The number of hydrogen-bond donors (Lipinski definition) is 1. The van der Waals surface area contributed by atoms with Crippen molar-refractivity contribution in [3.05, 3.63) is 34.9 Å². The lowest BCUT2D eigenvalue weighted by atomic mass is 10.1. The highest BCUT2D eigenvalue weighted by molar-refractivity contribution is 6.30. The zero-order chi connectivity index (χ0) is 12.3. The molecule has 0 radical (unpaired) electrons. The number of hydrogen-bond acceptors (Lipinski definition) is 2. The number of nitrogens with zero attached hydrogens (tertiary/aromatic N) is 1. The van der Waals surface area contributed by atoms with Gasteiger partial charge in [-0.15, -0.1) is 0 Å². The Hall–Kier alpha value is -0.570. The molecule has 0 aliphatic heterocycles. The van der Waals surface area contributed by atoms with Crippen molar-refractivity contribution < 1.29 is 0 Å².